The van der Waals surface area contributed by atoms with Gasteiger partial charge in [0, 0.05) is 10.6 Å². The highest BCUT2D eigenvalue weighted by Gasteiger charge is 2.48. The number of fused-ring (bicyclic) bond motifs is 1. The molecule has 8 heteroatoms. The summed E-state index contributed by atoms with van der Waals surface area (Å²) in [4.78, 5) is 32.3. The number of carbonyl (C=O) groups excluding carboxylic acids is 2. The minimum absolute atomic E-state index is 0.0398. The minimum Gasteiger partial charge on any atom is -0.507 e. The number of benzene rings is 3. The van der Waals surface area contributed by atoms with Crippen molar-refractivity contribution in [3.05, 3.63) is 99.8 Å². The molecule has 1 aliphatic rings. The molecule has 1 saturated heterocycles. The SMILES string of the molecule is CCc1ccc(C2C(=C(O)c3ccc(Cl)cc3)C(=O)C(=O)N2c2nc3ccc(F)cc3s2)cc1. The Balaban J connectivity index is 1.72. The fourth-order valence-corrected chi connectivity index (χ4v) is 5.18. The number of aliphatic hydroxyl groups excluding tert-OH is 1. The van der Waals surface area contributed by atoms with Gasteiger partial charge >= 0.3 is 5.91 Å². The van der Waals surface area contributed by atoms with Crippen LogP contribution in [0.25, 0.3) is 16.0 Å². The largest absolute Gasteiger partial charge is 0.507 e. The van der Waals surface area contributed by atoms with E-state index < -0.39 is 23.5 Å². The Morgan fingerprint density at radius 2 is 1.79 bits per heavy atom. The van der Waals surface area contributed by atoms with Crippen LogP contribution in [0, 0.1) is 5.82 Å². The van der Waals surface area contributed by atoms with E-state index in [1.807, 2.05) is 31.2 Å². The van der Waals surface area contributed by atoms with E-state index in [1.165, 1.54) is 23.1 Å². The van der Waals surface area contributed by atoms with Gasteiger partial charge in [-0.3, -0.25) is 14.5 Å². The molecular formula is C26H18ClFN2O3S. The van der Waals surface area contributed by atoms with E-state index >= 15 is 0 Å². The number of aryl methyl sites for hydroxylation is 1. The van der Waals surface area contributed by atoms with Gasteiger partial charge < -0.3 is 5.11 Å². The second-order valence-corrected chi connectivity index (χ2v) is 9.33. The lowest BCUT2D eigenvalue weighted by atomic mass is 9.94. The van der Waals surface area contributed by atoms with Crippen molar-refractivity contribution in [3.63, 3.8) is 0 Å². The van der Waals surface area contributed by atoms with Crippen LogP contribution in [0.4, 0.5) is 9.52 Å². The molecule has 5 nitrogen and oxygen atoms in total. The second-order valence-electron chi connectivity index (χ2n) is 7.88. The van der Waals surface area contributed by atoms with Gasteiger partial charge in [0.25, 0.3) is 5.78 Å². The van der Waals surface area contributed by atoms with Crippen molar-refractivity contribution in [1.29, 1.82) is 0 Å². The average Bonchev–Trinajstić information content (AvgIpc) is 3.37. The summed E-state index contributed by atoms with van der Waals surface area (Å²) in [5.41, 5.74) is 2.58. The first-order chi connectivity index (χ1) is 16.4. The van der Waals surface area contributed by atoms with Gasteiger partial charge in [-0.15, -0.1) is 0 Å². The molecule has 1 fully saturated rings. The van der Waals surface area contributed by atoms with Gasteiger partial charge in [-0.1, -0.05) is 54.1 Å². The number of rotatable bonds is 4. The zero-order chi connectivity index (χ0) is 24.0. The lowest BCUT2D eigenvalue weighted by Crippen LogP contribution is -2.29. The van der Waals surface area contributed by atoms with Crippen LogP contribution in [0.15, 0.2) is 72.3 Å². The molecular weight excluding hydrogens is 475 g/mol. The molecule has 1 N–H and O–H groups in total. The van der Waals surface area contributed by atoms with E-state index in [1.54, 1.807) is 24.3 Å². The molecule has 2 heterocycles. The first-order valence-electron chi connectivity index (χ1n) is 10.6. The average molecular weight is 493 g/mol. The van der Waals surface area contributed by atoms with E-state index in [-0.39, 0.29) is 16.5 Å². The van der Waals surface area contributed by atoms with Crippen molar-refractivity contribution in [1.82, 2.24) is 4.98 Å². The minimum atomic E-state index is -0.896. The van der Waals surface area contributed by atoms with Crippen molar-refractivity contribution in [3.8, 4) is 0 Å². The normalized spacial score (nSPS) is 17.6. The molecule has 3 aromatic carbocycles. The highest BCUT2D eigenvalue weighted by atomic mass is 35.5. The number of nitrogens with zero attached hydrogens (tertiary/aromatic N) is 2. The van der Waals surface area contributed by atoms with Gasteiger partial charge in [-0.2, -0.15) is 0 Å². The Morgan fingerprint density at radius 1 is 1.09 bits per heavy atom. The number of halogens is 2. The van der Waals surface area contributed by atoms with E-state index in [9.17, 15) is 19.1 Å². The Bertz CT molecular complexity index is 1460. The molecule has 0 aliphatic carbocycles. The summed E-state index contributed by atoms with van der Waals surface area (Å²) in [6.45, 7) is 2.03. The summed E-state index contributed by atoms with van der Waals surface area (Å²) in [5.74, 6) is -2.34. The van der Waals surface area contributed by atoms with E-state index in [0.29, 0.717) is 26.4 Å². The van der Waals surface area contributed by atoms with Gasteiger partial charge in [0.2, 0.25) is 0 Å². The lowest BCUT2D eigenvalue weighted by Gasteiger charge is -2.23. The molecule has 1 aliphatic heterocycles. The van der Waals surface area contributed by atoms with Gasteiger partial charge in [0.05, 0.1) is 21.8 Å². The highest BCUT2D eigenvalue weighted by molar-refractivity contribution is 7.22. The van der Waals surface area contributed by atoms with Crippen LogP contribution >= 0.6 is 22.9 Å². The maximum atomic E-state index is 13.8. The molecule has 0 saturated carbocycles. The van der Waals surface area contributed by atoms with Crippen LogP contribution in [-0.4, -0.2) is 21.8 Å². The van der Waals surface area contributed by atoms with Crippen LogP contribution < -0.4 is 4.90 Å². The number of amides is 1. The molecule has 0 spiro atoms. The zero-order valence-corrected chi connectivity index (χ0v) is 19.5. The first-order valence-corrected chi connectivity index (χ1v) is 11.8. The number of ketones is 1. The Hall–Kier alpha value is -3.55. The molecule has 170 valence electrons. The van der Waals surface area contributed by atoms with Crippen LogP contribution in [0.3, 0.4) is 0 Å². The number of Topliss-reactive ketones (excluding diaryl/α,β-unsaturated/α-hetero) is 1. The Kier molecular flexibility index (Phi) is 5.67. The number of thiazole rings is 1. The summed E-state index contributed by atoms with van der Waals surface area (Å²) in [7, 11) is 0. The molecule has 1 unspecified atom stereocenters. The Morgan fingerprint density at radius 3 is 2.47 bits per heavy atom. The fraction of sp³-hybridized carbons (Fsp3) is 0.115. The van der Waals surface area contributed by atoms with Crippen molar-refractivity contribution >= 4 is 55.7 Å². The third kappa shape index (κ3) is 3.77. The molecule has 1 amide bonds. The van der Waals surface area contributed by atoms with Crippen LogP contribution in [0.2, 0.25) is 5.02 Å². The maximum absolute atomic E-state index is 13.8. The van der Waals surface area contributed by atoms with Gasteiger partial charge in [-0.05, 0) is 60.0 Å². The molecule has 0 bridgehead atoms. The molecule has 34 heavy (non-hydrogen) atoms. The first kappa shape index (κ1) is 22.3. The van der Waals surface area contributed by atoms with Crippen molar-refractivity contribution in [2.45, 2.75) is 19.4 Å². The number of hydrogen-bond donors (Lipinski definition) is 1. The lowest BCUT2D eigenvalue weighted by molar-refractivity contribution is -0.132. The quantitative estimate of drug-likeness (QED) is 0.207. The Labute approximate surface area is 203 Å². The summed E-state index contributed by atoms with van der Waals surface area (Å²) in [5, 5.41) is 11.9. The van der Waals surface area contributed by atoms with Crippen molar-refractivity contribution < 1.29 is 19.1 Å². The van der Waals surface area contributed by atoms with E-state index in [0.717, 1.165) is 23.3 Å². The molecule has 1 atom stereocenters. The zero-order valence-electron chi connectivity index (χ0n) is 18.0. The van der Waals surface area contributed by atoms with E-state index in [2.05, 4.69) is 4.98 Å². The summed E-state index contributed by atoms with van der Waals surface area (Å²) in [6, 6.07) is 17.1. The number of hydrogen-bond acceptors (Lipinski definition) is 5. The predicted octanol–water partition coefficient (Wildman–Crippen LogP) is 6.28. The summed E-state index contributed by atoms with van der Waals surface area (Å²) in [6.07, 6.45) is 0.828. The predicted molar refractivity (Wildman–Crippen MR) is 132 cm³/mol. The van der Waals surface area contributed by atoms with Gasteiger partial charge in [0.15, 0.2) is 5.13 Å². The van der Waals surface area contributed by atoms with E-state index in [4.69, 9.17) is 11.6 Å². The fourth-order valence-electron chi connectivity index (χ4n) is 4.03. The summed E-state index contributed by atoms with van der Waals surface area (Å²) < 4.78 is 14.3. The van der Waals surface area contributed by atoms with Crippen molar-refractivity contribution in [2.24, 2.45) is 0 Å². The second kappa shape index (κ2) is 8.66. The number of aliphatic hydroxyl groups is 1. The molecule has 1 aromatic heterocycles. The summed E-state index contributed by atoms with van der Waals surface area (Å²) >= 11 is 7.09. The third-order valence-electron chi connectivity index (χ3n) is 5.81. The maximum Gasteiger partial charge on any atom is 0.301 e. The molecule has 4 aromatic rings. The standard InChI is InChI=1S/C26H18ClFN2O3S/c1-2-14-3-5-15(6-4-14)22-21(23(31)16-7-9-17(27)10-8-16)24(32)25(33)30(22)26-29-19-12-11-18(28)13-20(19)34-26/h3-13,22,31H,2H2,1H3. The third-order valence-corrected chi connectivity index (χ3v) is 7.08. The van der Waals surface area contributed by atoms with Gasteiger partial charge in [-0.25, -0.2) is 9.37 Å². The van der Waals surface area contributed by atoms with Crippen LogP contribution in [-0.2, 0) is 16.0 Å². The molecule has 5 rings (SSSR count). The topological polar surface area (TPSA) is 70.5 Å². The number of anilines is 1. The highest BCUT2D eigenvalue weighted by Crippen LogP contribution is 2.44. The van der Waals surface area contributed by atoms with Crippen LogP contribution in [0.5, 0.6) is 0 Å². The smallest absolute Gasteiger partial charge is 0.301 e. The van der Waals surface area contributed by atoms with Crippen LogP contribution in [0.1, 0.15) is 29.7 Å². The molecule has 0 radical (unpaired) electrons. The number of carbonyl (C=O) groups is 2. The van der Waals surface area contributed by atoms with Crippen molar-refractivity contribution in [2.75, 3.05) is 4.90 Å². The van der Waals surface area contributed by atoms with Gasteiger partial charge in [0.1, 0.15) is 11.6 Å². The number of aromatic nitrogens is 1. The monoisotopic (exact) mass is 492 g/mol.